The molecule has 4 aromatic rings. The number of ether oxygens (including phenoxy) is 1. The zero-order valence-corrected chi connectivity index (χ0v) is 17.8. The van der Waals surface area contributed by atoms with Gasteiger partial charge in [0.15, 0.2) is 11.6 Å². The van der Waals surface area contributed by atoms with E-state index in [1.54, 1.807) is 0 Å². The van der Waals surface area contributed by atoms with Crippen LogP contribution in [0.4, 0.5) is 26.3 Å². The highest BCUT2D eigenvalue weighted by Crippen LogP contribution is 2.24. The number of hydrogen-bond donors (Lipinski definition) is 0. The van der Waals surface area contributed by atoms with E-state index in [0.717, 1.165) is 36.4 Å². The number of fused-ring (bicyclic) bond motifs is 1. The topological polar surface area (TPSA) is 9.23 Å². The van der Waals surface area contributed by atoms with Crippen molar-refractivity contribution in [2.45, 2.75) is 12.8 Å². The van der Waals surface area contributed by atoms with Crippen LogP contribution in [0.15, 0.2) is 54.6 Å². The predicted molar refractivity (Wildman–Crippen MR) is 117 cm³/mol. The average molecular weight is 470 g/mol. The molecule has 0 bridgehead atoms. The molecular weight excluding hydrogens is 454 g/mol. The van der Waals surface area contributed by atoms with Crippen LogP contribution in [0.1, 0.15) is 22.3 Å². The van der Waals surface area contributed by atoms with Crippen molar-refractivity contribution in [2.75, 3.05) is 7.11 Å². The van der Waals surface area contributed by atoms with Gasteiger partial charge in [-0.1, -0.05) is 17.9 Å². The first kappa shape index (κ1) is 23.2. The van der Waals surface area contributed by atoms with Crippen LogP contribution in [-0.4, -0.2) is 7.11 Å². The van der Waals surface area contributed by atoms with Crippen molar-refractivity contribution in [1.29, 1.82) is 0 Å². The minimum absolute atomic E-state index is 0.00544. The summed E-state index contributed by atoms with van der Waals surface area (Å²) in [5.41, 5.74) is -0.126. The molecule has 172 valence electrons. The maximum Gasteiger partial charge on any atom is 0.159 e. The van der Waals surface area contributed by atoms with E-state index in [-0.39, 0.29) is 29.7 Å². The maximum atomic E-state index is 14.5. The first-order valence-electron chi connectivity index (χ1n) is 10.2. The summed E-state index contributed by atoms with van der Waals surface area (Å²) in [5.74, 6) is -0.392. The van der Waals surface area contributed by atoms with Crippen molar-refractivity contribution in [2.24, 2.45) is 0 Å². The van der Waals surface area contributed by atoms with Crippen LogP contribution in [0, 0.1) is 46.7 Å². The first-order chi connectivity index (χ1) is 16.2. The first-order valence-corrected chi connectivity index (χ1v) is 10.2. The molecule has 0 amide bonds. The third-order valence-corrected chi connectivity index (χ3v) is 5.33. The van der Waals surface area contributed by atoms with Gasteiger partial charge in [0.25, 0.3) is 0 Å². The Morgan fingerprint density at radius 3 is 1.85 bits per heavy atom. The Bertz CT molecular complexity index is 1420. The fourth-order valence-electron chi connectivity index (χ4n) is 3.55. The fraction of sp³-hybridized carbons (Fsp3) is 0.111. The molecule has 0 aliphatic heterocycles. The van der Waals surface area contributed by atoms with Crippen LogP contribution in [0.5, 0.6) is 5.75 Å². The second-order valence-corrected chi connectivity index (χ2v) is 7.58. The number of methoxy groups -OCH3 is 1. The molecule has 0 radical (unpaired) electrons. The number of aryl methyl sites for hydroxylation is 1. The summed E-state index contributed by atoms with van der Waals surface area (Å²) in [5, 5.41) is 0.843. The lowest BCUT2D eigenvalue weighted by Gasteiger charge is -2.09. The third kappa shape index (κ3) is 4.86. The van der Waals surface area contributed by atoms with Gasteiger partial charge in [-0.25, -0.2) is 26.3 Å². The molecular formula is C27H16F6O. The Balaban J connectivity index is 1.56. The molecule has 4 rings (SSSR count). The second-order valence-electron chi connectivity index (χ2n) is 7.58. The van der Waals surface area contributed by atoms with E-state index >= 15 is 0 Å². The molecule has 0 aliphatic carbocycles. The van der Waals surface area contributed by atoms with E-state index < -0.39 is 40.5 Å². The molecule has 34 heavy (non-hydrogen) atoms. The zero-order valence-electron chi connectivity index (χ0n) is 17.8. The number of benzene rings is 4. The summed E-state index contributed by atoms with van der Waals surface area (Å²) in [6.07, 6.45) is -0.117. The van der Waals surface area contributed by atoms with E-state index in [2.05, 4.69) is 11.8 Å². The number of rotatable bonds is 4. The smallest absolute Gasteiger partial charge is 0.159 e. The monoisotopic (exact) mass is 470 g/mol. The minimum atomic E-state index is -1.01. The second kappa shape index (κ2) is 9.52. The van der Waals surface area contributed by atoms with Crippen molar-refractivity contribution < 1.29 is 31.1 Å². The van der Waals surface area contributed by atoms with Crippen LogP contribution in [0.25, 0.3) is 10.8 Å². The summed E-state index contributed by atoms with van der Waals surface area (Å²) >= 11 is 0. The molecule has 0 heterocycles. The highest BCUT2D eigenvalue weighted by Gasteiger charge is 2.14. The van der Waals surface area contributed by atoms with E-state index in [9.17, 15) is 26.3 Å². The number of halogens is 6. The Morgan fingerprint density at radius 1 is 0.618 bits per heavy atom. The van der Waals surface area contributed by atoms with E-state index in [0.29, 0.717) is 16.3 Å². The molecule has 4 aromatic carbocycles. The Hall–Kier alpha value is -3.92. The van der Waals surface area contributed by atoms with Crippen LogP contribution in [0.2, 0.25) is 0 Å². The van der Waals surface area contributed by atoms with Gasteiger partial charge in [0.1, 0.15) is 29.0 Å². The fourth-order valence-corrected chi connectivity index (χ4v) is 3.55. The SMILES string of the molecule is COc1cc(F)c(CCc2cc(F)c(C#Cc3ccc4cc(F)c(F)cc4c3)c(F)c2)c(F)c1. The van der Waals surface area contributed by atoms with Gasteiger partial charge in [-0.3, -0.25) is 0 Å². The van der Waals surface area contributed by atoms with Crippen LogP contribution >= 0.6 is 0 Å². The normalized spacial score (nSPS) is 10.8. The molecule has 7 heteroatoms. The summed E-state index contributed by atoms with van der Waals surface area (Å²) in [6.45, 7) is 0. The Kier molecular flexibility index (Phi) is 6.51. The van der Waals surface area contributed by atoms with Crippen molar-refractivity contribution in [1.82, 2.24) is 0 Å². The highest BCUT2D eigenvalue weighted by atomic mass is 19.2. The van der Waals surface area contributed by atoms with Gasteiger partial charge in [0.2, 0.25) is 0 Å². The van der Waals surface area contributed by atoms with Crippen molar-refractivity contribution >= 4 is 10.8 Å². The van der Waals surface area contributed by atoms with E-state index in [4.69, 9.17) is 4.74 Å². The summed E-state index contributed by atoms with van der Waals surface area (Å²) in [6, 6.07) is 10.8. The summed E-state index contributed by atoms with van der Waals surface area (Å²) in [7, 11) is 1.28. The average Bonchev–Trinajstić information content (AvgIpc) is 2.78. The molecule has 1 nitrogen and oxygen atoms in total. The third-order valence-electron chi connectivity index (χ3n) is 5.33. The van der Waals surface area contributed by atoms with Gasteiger partial charge < -0.3 is 4.74 Å². The molecule has 0 fully saturated rings. The molecule has 0 spiro atoms. The highest BCUT2D eigenvalue weighted by molar-refractivity contribution is 5.84. The molecule has 0 saturated heterocycles. The van der Waals surface area contributed by atoms with E-state index in [1.165, 1.54) is 25.3 Å². The van der Waals surface area contributed by atoms with Crippen LogP contribution < -0.4 is 4.74 Å². The van der Waals surface area contributed by atoms with Gasteiger partial charge >= 0.3 is 0 Å². The number of hydrogen-bond acceptors (Lipinski definition) is 1. The van der Waals surface area contributed by atoms with Crippen molar-refractivity contribution in [3.63, 3.8) is 0 Å². The van der Waals surface area contributed by atoms with Gasteiger partial charge in [0.05, 0.1) is 12.7 Å². The largest absolute Gasteiger partial charge is 0.497 e. The summed E-state index contributed by atoms with van der Waals surface area (Å²) < 4.78 is 88.9. The van der Waals surface area contributed by atoms with Crippen LogP contribution in [0.3, 0.4) is 0 Å². The molecule has 0 aliphatic rings. The molecule has 0 saturated carbocycles. The Morgan fingerprint density at radius 2 is 1.24 bits per heavy atom. The summed E-state index contributed by atoms with van der Waals surface area (Å²) in [4.78, 5) is 0. The minimum Gasteiger partial charge on any atom is -0.497 e. The lowest BCUT2D eigenvalue weighted by molar-refractivity contribution is 0.405. The maximum absolute atomic E-state index is 14.5. The van der Waals surface area contributed by atoms with Gasteiger partial charge in [0, 0.05) is 23.3 Å². The molecule has 0 atom stereocenters. The predicted octanol–water partition coefficient (Wildman–Crippen LogP) is 6.87. The lowest BCUT2D eigenvalue weighted by Crippen LogP contribution is -2.02. The van der Waals surface area contributed by atoms with E-state index in [1.807, 2.05) is 0 Å². The Labute approximate surface area is 191 Å². The molecule has 0 unspecified atom stereocenters. The van der Waals surface area contributed by atoms with Gasteiger partial charge in [-0.05, 0) is 65.6 Å². The van der Waals surface area contributed by atoms with Crippen molar-refractivity contribution in [3.05, 3.63) is 112 Å². The lowest BCUT2D eigenvalue weighted by atomic mass is 10.0. The van der Waals surface area contributed by atoms with Crippen LogP contribution in [-0.2, 0) is 12.8 Å². The molecule has 0 aromatic heterocycles. The standard InChI is InChI=1S/C27H16F6O/c1-34-19-13-24(30)21(25(31)14-19)7-4-16-9-22(28)20(23(29)10-16)6-3-15-2-5-17-11-26(32)27(33)12-18(17)8-15/h2,5,8-14H,4,7H2,1H3. The van der Waals surface area contributed by atoms with Gasteiger partial charge in [-0.2, -0.15) is 0 Å². The quantitative estimate of drug-likeness (QED) is 0.234. The zero-order chi connectivity index (χ0) is 24.4. The van der Waals surface area contributed by atoms with Gasteiger partial charge in [-0.15, -0.1) is 0 Å². The van der Waals surface area contributed by atoms with Crippen molar-refractivity contribution in [3.8, 4) is 17.6 Å². The molecule has 0 N–H and O–H groups in total.